The fraction of sp³-hybridized carbons (Fsp3) is 0. The van der Waals surface area contributed by atoms with Crippen molar-refractivity contribution in [1.82, 2.24) is 4.98 Å². The smallest absolute Gasteiger partial charge is 0.277 e. The van der Waals surface area contributed by atoms with Gasteiger partial charge >= 0.3 is 0 Å². The molecule has 0 aromatic carbocycles. The molecule has 1 aliphatic carbocycles. The average Bonchev–Trinajstić information content (AvgIpc) is 2.59. The first-order valence-electron chi connectivity index (χ1n) is 3.87. The van der Waals surface area contributed by atoms with Crippen LogP contribution < -0.4 is 11.5 Å². The van der Waals surface area contributed by atoms with E-state index in [0.29, 0.717) is 0 Å². The second kappa shape index (κ2) is 2.99. The molecule has 0 bridgehead atoms. The third kappa shape index (κ3) is 1.33. The monoisotopic (exact) mass is 223 g/mol. The summed E-state index contributed by atoms with van der Waals surface area (Å²) in [5.74, 6) is -1.74. The molecule has 2 rings (SSSR count). The number of fused-ring (bicyclic) bond motifs is 1. The normalized spacial score (nSPS) is 14.8. The van der Waals surface area contributed by atoms with Crippen molar-refractivity contribution in [2.45, 2.75) is 0 Å². The van der Waals surface area contributed by atoms with Crippen molar-refractivity contribution in [2.24, 2.45) is 11.5 Å². The third-order valence-corrected chi connectivity index (χ3v) is 2.91. The summed E-state index contributed by atoms with van der Waals surface area (Å²) in [4.78, 5) is 37.4. The summed E-state index contributed by atoms with van der Waals surface area (Å²) < 4.78 is 0. The molecule has 0 radical (unpaired) electrons. The van der Waals surface area contributed by atoms with Crippen LogP contribution in [0.3, 0.4) is 0 Å². The van der Waals surface area contributed by atoms with E-state index in [2.05, 4.69) is 4.98 Å². The van der Waals surface area contributed by atoms with Gasteiger partial charge in [-0.2, -0.15) is 0 Å². The number of carbonyl (C=O) groups is 3. The number of amides is 1. The predicted molar refractivity (Wildman–Crippen MR) is 51.6 cm³/mol. The second-order valence-electron chi connectivity index (χ2n) is 2.85. The summed E-state index contributed by atoms with van der Waals surface area (Å²) in [6, 6.07) is 0. The van der Waals surface area contributed by atoms with Crippen molar-refractivity contribution in [2.75, 3.05) is 0 Å². The molecule has 76 valence electrons. The molecular weight excluding hydrogens is 218 g/mol. The molecule has 1 heterocycles. The summed E-state index contributed by atoms with van der Waals surface area (Å²) in [5.41, 5.74) is 10.0. The number of primary amides is 1. The van der Waals surface area contributed by atoms with E-state index in [0.717, 1.165) is 17.4 Å². The Morgan fingerprint density at radius 2 is 2.07 bits per heavy atom. The van der Waals surface area contributed by atoms with Gasteiger partial charge in [-0.15, -0.1) is 11.3 Å². The maximum absolute atomic E-state index is 11.4. The second-order valence-corrected chi connectivity index (χ2v) is 3.85. The number of nitrogens with two attached hydrogens (primary N) is 2. The molecule has 0 atom stereocenters. The van der Waals surface area contributed by atoms with Crippen LogP contribution in [-0.4, -0.2) is 22.5 Å². The van der Waals surface area contributed by atoms with Crippen molar-refractivity contribution in [3.63, 3.8) is 0 Å². The lowest BCUT2D eigenvalue weighted by molar-refractivity contribution is 0.0980. The fourth-order valence-electron chi connectivity index (χ4n) is 1.16. The van der Waals surface area contributed by atoms with Gasteiger partial charge in [0.15, 0.2) is 10.8 Å². The van der Waals surface area contributed by atoms with Crippen LogP contribution in [0.2, 0.25) is 0 Å². The number of allylic oxidation sites excluding steroid dienone is 2. The van der Waals surface area contributed by atoms with Gasteiger partial charge in [0.05, 0.1) is 5.70 Å². The highest BCUT2D eigenvalue weighted by Gasteiger charge is 2.29. The minimum atomic E-state index is -0.770. The maximum atomic E-state index is 11.4. The Kier molecular flexibility index (Phi) is 1.90. The zero-order chi connectivity index (χ0) is 11.2. The molecule has 7 heteroatoms. The lowest BCUT2D eigenvalue weighted by Gasteiger charge is -2.04. The van der Waals surface area contributed by atoms with Crippen LogP contribution in [0.15, 0.2) is 11.8 Å². The average molecular weight is 223 g/mol. The summed E-state index contributed by atoms with van der Waals surface area (Å²) in [5, 5.41) is -0.0650. The predicted octanol–water partition coefficient (Wildman–Crippen LogP) is -0.536. The Morgan fingerprint density at radius 1 is 1.40 bits per heavy atom. The first-order valence-corrected chi connectivity index (χ1v) is 4.69. The fourth-order valence-corrected chi connectivity index (χ4v) is 1.98. The third-order valence-electron chi connectivity index (χ3n) is 1.83. The van der Waals surface area contributed by atoms with Gasteiger partial charge in [-0.05, 0) is 0 Å². The van der Waals surface area contributed by atoms with Crippen LogP contribution in [0.5, 0.6) is 0 Å². The van der Waals surface area contributed by atoms with E-state index >= 15 is 0 Å². The molecule has 4 N–H and O–H groups in total. The van der Waals surface area contributed by atoms with Crippen molar-refractivity contribution in [3.05, 3.63) is 27.4 Å². The summed E-state index contributed by atoms with van der Waals surface area (Å²) in [6.45, 7) is 0. The van der Waals surface area contributed by atoms with E-state index in [1.54, 1.807) is 0 Å². The summed E-state index contributed by atoms with van der Waals surface area (Å²) in [7, 11) is 0. The van der Waals surface area contributed by atoms with Gasteiger partial charge in [0.1, 0.15) is 10.6 Å². The minimum absolute atomic E-state index is 0.0650. The first-order chi connectivity index (χ1) is 7.00. The van der Waals surface area contributed by atoms with Crippen LogP contribution in [0.4, 0.5) is 0 Å². The van der Waals surface area contributed by atoms with E-state index in [4.69, 9.17) is 11.5 Å². The van der Waals surface area contributed by atoms with Crippen molar-refractivity contribution in [3.8, 4) is 0 Å². The van der Waals surface area contributed by atoms with Crippen LogP contribution in [0, 0.1) is 0 Å². The van der Waals surface area contributed by atoms with Gasteiger partial charge in [0, 0.05) is 6.08 Å². The number of hydrogen-bond acceptors (Lipinski definition) is 6. The number of aromatic nitrogens is 1. The molecule has 0 unspecified atom stereocenters. The number of thiazole rings is 1. The molecule has 1 aliphatic rings. The topological polar surface area (TPSA) is 116 Å². The zero-order valence-electron chi connectivity index (χ0n) is 7.31. The molecule has 0 spiro atoms. The largest absolute Gasteiger partial charge is 0.395 e. The molecule has 15 heavy (non-hydrogen) atoms. The Bertz CT molecular complexity index is 529. The number of Topliss-reactive ketones (excluding diaryl/α,β-unsaturated/α-hetero) is 1. The Balaban J connectivity index is 2.62. The molecule has 0 saturated carbocycles. The number of nitrogens with zero attached hydrogens (tertiary/aromatic N) is 1. The van der Waals surface area contributed by atoms with Crippen molar-refractivity contribution < 1.29 is 14.4 Å². The van der Waals surface area contributed by atoms with Gasteiger partial charge in [0.25, 0.3) is 5.91 Å². The molecule has 0 aliphatic heterocycles. The van der Waals surface area contributed by atoms with E-state index in [-0.39, 0.29) is 21.3 Å². The standard InChI is InChI=1S/C8H5N3O3S/c9-2-1-3(12)6-4(5(2)13)11-8(15-6)7(10)14/h1H,9H2,(H2,10,14). The quantitative estimate of drug-likeness (QED) is 0.663. The van der Waals surface area contributed by atoms with Gasteiger partial charge in [-0.3, -0.25) is 14.4 Å². The Hall–Kier alpha value is -2.02. The molecule has 0 fully saturated rings. The highest BCUT2D eigenvalue weighted by atomic mass is 32.1. The number of hydrogen-bond donors (Lipinski definition) is 2. The van der Waals surface area contributed by atoms with E-state index in [1.807, 2.05) is 0 Å². The Morgan fingerprint density at radius 3 is 2.67 bits per heavy atom. The minimum Gasteiger partial charge on any atom is -0.395 e. The van der Waals surface area contributed by atoms with Crippen molar-refractivity contribution in [1.29, 1.82) is 0 Å². The van der Waals surface area contributed by atoms with Crippen LogP contribution in [-0.2, 0) is 0 Å². The van der Waals surface area contributed by atoms with E-state index in [9.17, 15) is 14.4 Å². The number of ketones is 2. The SMILES string of the molecule is NC(=O)c1nc2c(s1)C(=O)C=C(N)C2=O. The molecule has 0 saturated heterocycles. The molecule has 6 nitrogen and oxygen atoms in total. The number of rotatable bonds is 1. The summed E-state index contributed by atoms with van der Waals surface area (Å²) >= 11 is 0.801. The molecular formula is C8H5N3O3S. The molecule has 1 amide bonds. The lowest BCUT2D eigenvalue weighted by atomic mass is 10.1. The highest BCUT2D eigenvalue weighted by molar-refractivity contribution is 7.16. The Labute approximate surface area is 87.6 Å². The molecule has 1 aromatic rings. The van der Waals surface area contributed by atoms with Crippen LogP contribution in [0.25, 0.3) is 0 Å². The van der Waals surface area contributed by atoms with E-state index in [1.165, 1.54) is 0 Å². The van der Waals surface area contributed by atoms with Crippen molar-refractivity contribution >= 4 is 28.8 Å². The lowest BCUT2D eigenvalue weighted by Crippen LogP contribution is -2.21. The van der Waals surface area contributed by atoms with Gasteiger partial charge in [-0.1, -0.05) is 0 Å². The van der Waals surface area contributed by atoms with Crippen LogP contribution >= 0.6 is 11.3 Å². The van der Waals surface area contributed by atoms with Gasteiger partial charge < -0.3 is 11.5 Å². The highest BCUT2D eigenvalue weighted by Crippen LogP contribution is 2.24. The van der Waals surface area contributed by atoms with Gasteiger partial charge in [-0.25, -0.2) is 4.98 Å². The maximum Gasteiger partial charge on any atom is 0.277 e. The zero-order valence-corrected chi connectivity index (χ0v) is 8.13. The van der Waals surface area contributed by atoms with E-state index < -0.39 is 17.5 Å². The van der Waals surface area contributed by atoms with Crippen LogP contribution in [0.1, 0.15) is 30.0 Å². The first kappa shape index (κ1) is 9.53. The molecule has 1 aromatic heterocycles. The number of carbonyl (C=O) groups excluding carboxylic acids is 3. The summed E-state index contributed by atoms with van der Waals surface area (Å²) in [6.07, 6.45) is 1.02. The van der Waals surface area contributed by atoms with Gasteiger partial charge in [0.2, 0.25) is 5.78 Å².